The monoisotopic (exact) mass is 1080 g/mol. The molecule has 0 unspecified atom stereocenters. The van der Waals surface area contributed by atoms with Crippen molar-refractivity contribution in [3.8, 4) is 5.75 Å². The van der Waals surface area contributed by atoms with E-state index in [1.54, 1.807) is 12.1 Å². The molecule has 0 saturated carbocycles. The second kappa shape index (κ2) is 45.0. The molecule has 0 radical (unpaired) electrons. The highest BCUT2D eigenvalue weighted by atomic mass is 16.5. The number of hydrogen-bond donors (Lipinski definition) is 6. The van der Waals surface area contributed by atoms with Crippen LogP contribution in [0, 0.1) is 23.7 Å². The lowest BCUT2D eigenvalue weighted by atomic mass is 9.84. The Labute approximate surface area is 451 Å². The molecule has 0 fully saturated rings. The molecule has 3 atom stereocenters. The SMILES string of the molecule is CC(C)CC(=O)C[C@@H](CCCCNC(=O)COCCOCC(=O)COCCOCCNC(=O)CC[C@H](CC(=O)CCCCCCCCCCCCCCCCC(=O)O)C(=O)O)C(=O)C[C@@H](Cc1ccc(O)cc1)C(N)=O. The number of carboxylic acid groups (broad SMARTS) is 2. The highest BCUT2D eigenvalue weighted by Crippen LogP contribution is 2.24. The third kappa shape index (κ3) is 40.2. The minimum Gasteiger partial charge on any atom is -0.508 e. The number of ether oxygens (including phenoxy) is 4. The van der Waals surface area contributed by atoms with E-state index in [2.05, 4.69) is 10.6 Å². The van der Waals surface area contributed by atoms with Crippen LogP contribution in [-0.2, 0) is 68.5 Å². The molecule has 0 aromatic heterocycles. The van der Waals surface area contributed by atoms with Crippen molar-refractivity contribution in [2.75, 3.05) is 65.9 Å². The third-order valence-corrected chi connectivity index (χ3v) is 12.8. The average Bonchev–Trinajstić information content (AvgIpc) is 3.36. The van der Waals surface area contributed by atoms with Crippen LogP contribution >= 0.6 is 0 Å². The zero-order valence-electron chi connectivity index (χ0n) is 45.8. The largest absolute Gasteiger partial charge is 0.508 e. The van der Waals surface area contributed by atoms with Gasteiger partial charge in [0.05, 0.1) is 39.0 Å². The standard InChI is InChI=1S/C57H93N3O16/c1-43(2)35-50(63)37-45(52(65)39-47(56(58)70)36-44-22-25-48(61)26-23-44)19-17-18-28-59-54(67)42-76-34-33-75-41-51(64)40-74-32-31-73-30-29-60-53(66)27-24-46(57(71)72)38-49(62)20-15-13-11-9-7-5-3-4-6-8-10-12-14-16-21-55(68)69/h22-23,25-26,43,45-47,61H,3-21,24,27-42H2,1-2H3,(H2,58,70)(H,59,67)(H,60,66)(H,68,69)(H,71,72)/t45-,46-,47-/m1/s1. The van der Waals surface area contributed by atoms with Crippen LogP contribution in [0.2, 0.25) is 0 Å². The van der Waals surface area contributed by atoms with Gasteiger partial charge in [-0.3, -0.25) is 43.2 Å². The van der Waals surface area contributed by atoms with E-state index in [1.807, 2.05) is 13.8 Å². The van der Waals surface area contributed by atoms with Gasteiger partial charge in [-0.05, 0) is 62.1 Å². The molecule has 19 nitrogen and oxygen atoms in total. The van der Waals surface area contributed by atoms with Crippen molar-refractivity contribution in [2.24, 2.45) is 29.4 Å². The summed E-state index contributed by atoms with van der Waals surface area (Å²) in [4.78, 5) is 110. The van der Waals surface area contributed by atoms with Crippen LogP contribution in [0.25, 0.3) is 0 Å². The number of aromatic hydroxyl groups is 1. The van der Waals surface area contributed by atoms with Crippen LogP contribution in [0.1, 0.15) is 180 Å². The van der Waals surface area contributed by atoms with Gasteiger partial charge in [0.15, 0.2) is 5.78 Å². The molecule has 0 saturated heterocycles. The second-order valence-electron chi connectivity index (χ2n) is 20.3. The Kier molecular flexibility index (Phi) is 40.8. The van der Waals surface area contributed by atoms with Gasteiger partial charge < -0.3 is 50.6 Å². The lowest BCUT2D eigenvalue weighted by molar-refractivity contribution is -0.144. The number of rotatable bonds is 53. The predicted octanol–water partition coefficient (Wildman–Crippen LogP) is 7.42. The Balaban J connectivity index is 2.08. The topological polar surface area (TPSA) is 301 Å². The Bertz CT molecular complexity index is 1820. The van der Waals surface area contributed by atoms with E-state index in [1.165, 1.54) is 57.1 Å². The molecular weight excluding hydrogens is 983 g/mol. The van der Waals surface area contributed by atoms with Crippen LogP contribution < -0.4 is 16.4 Å². The number of nitrogens with one attached hydrogen (secondary N) is 2. The maximum absolute atomic E-state index is 13.4. The number of amides is 3. The maximum Gasteiger partial charge on any atom is 0.306 e. The summed E-state index contributed by atoms with van der Waals surface area (Å²) in [6.45, 7) is 4.40. The van der Waals surface area contributed by atoms with Crippen LogP contribution in [0.15, 0.2) is 24.3 Å². The highest BCUT2D eigenvalue weighted by Gasteiger charge is 2.28. The first-order valence-electron chi connectivity index (χ1n) is 27.9. The molecule has 0 heterocycles. The number of aliphatic carboxylic acids is 2. The number of ketones is 4. The van der Waals surface area contributed by atoms with Crippen molar-refractivity contribution in [3.63, 3.8) is 0 Å². The first kappa shape index (κ1) is 68.9. The molecule has 0 aliphatic rings. The predicted molar refractivity (Wildman–Crippen MR) is 286 cm³/mol. The van der Waals surface area contributed by atoms with Crippen LogP contribution in [0.3, 0.4) is 0 Å². The Morgan fingerprint density at radius 2 is 1.00 bits per heavy atom. The van der Waals surface area contributed by atoms with Crippen LogP contribution in [0.4, 0.5) is 0 Å². The van der Waals surface area contributed by atoms with Crippen LogP contribution in [-0.4, -0.2) is 134 Å². The zero-order chi connectivity index (χ0) is 56.2. The summed E-state index contributed by atoms with van der Waals surface area (Å²) in [6, 6.07) is 6.33. The summed E-state index contributed by atoms with van der Waals surface area (Å²) in [5.41, 5.74) is 6.39. The summed E-state index contributed by atoms with van der Waals surface area (Å²) in [5, 5.41) is 33.3. The maximum atomic E-state index is 13.4. The van der Waals surface area contributed by atoms with Gasteiger partial charge >= 0.3 is 11.9 Å². The number of carboxylic acids is 2. The number of nitrogens with two attached hydrogens (primary N) is 1. The van der Waals surface area contributed by atoms with Crippen molar-refractivity contribution < 1.29 is 77.4 Å². The minimum absolute atomic E-state index is 0.0239. The molecule has 1 aromatic carbocycles. The van der Waals surface area contributed by atoms with Crippen molar-refractivity contribution in [3.05, 3.63) is 29.8 Å². The first-order chi connectivity index (χ1) is 36.5. The van der Waals surface area contributed by atoms with Crippen molar-refractivity contribution in [1.29, 1.82) is 0 Å². The van der Waals surface area contributed by atoms with Gasteiger partial charge in [0.2, 0.25) is 17.7 Å². The molecule has 1 aromatic rings. The lowest BCUT2D eigenvalue weighted by Gasteiger charge is -2.19. The van der Waals surface area contributed by atoms with E-state index in [9.17, 15) is 53.4 Å². The molecule has 0 aliphatic carbocycles. The van der Waals surface area contributed by atoms with Gasteiger partial charge in [0.25, 0.3) is 0 Å². The minimum atomic E-state index is -1.09. The number of carbonyl (C=O) groups is 9. The number of hydrogen-bond acceptors (Lipinski definition) is 14. The number of phenols is 1. The van der Waals surface area contributed by atoms with Crippen LogP contribution in [0.5, 0.6) is 5.75 Å². The molecular formula is C57H93N3O16. The number of primary amides is 1. The van der Waals surface area contributed by atoms with E-state index in [0.717, 1.165) is 50.5 Å². The summed E-state index contributed by atoms with van der Waals surface area (Å²) in [7, 11) is 0. The van der Waals surface area contributed by atoms with Gasteiger partial charge in [-0.25, -0.2) is 0 Å². The fourth-order valence-electron chi connectivity index (χ4n) is 8.57. The Morgan fingerprint density at radius 3 is 1.54 bits per heavy atom. The lowest BCUT2D eigenvalue weighted by Crippen LogP contribution is -2.31. The molecule has 0 bridgehead atoms. The molecule has 3 amide bonds. The van der Waals surface area contributed by atoms with Crippen molar-refractivity contribution in [2.45, 2.75) is 181 Å². The fourth-order valence-corrected chi connectivity index (χ4v) is 8.57. The quantitative estimate of drug-likeness (QED) is 0.0346. The smallest absolute Gasteiger partial charge is 0.306 e. The zero-order valence-corrected chi connectivity index (χ0v) is 45.8. The molecule has 7 N–H and O–H groups in total. The van der Waals surface area contributed by atoms with Gasteiger partial charge in [0.1, 0.15) is 42.9 Å². The van der Waals surface area contributed by atoms with Crippen molar-refractivity contribution in [1.82, 2.24) is 10.6 Å². The molecule has 1 rings (SSSR count). The molecule has 432 valence electrons. The first-order valence-corrected chi connectivity index (χ1v) is 27.9. The summed E-state index contributed by atoms with van der Waals surface area (Å²) in [5.74, 6) is -5.75. The van der Waals surface area contributed by atoms with E-state index >= 15 is 0 Å². The van der Waals surface area contributed by atoms with E-state index < -0.39 is 35.6 Å². The third-order valence-electron chi connectivity index (χ3n) is 12.8. The van der Waals surface area contributed by atoms with Gasteiger partial charge in [-0.15, -0.1) is 0 Å². The van der Waals surface area contributed by atoms with Crippen molar-refractivity contribution >= 4 is 52.8 Å². The molecule has 76 heavy (non-hydrogen) atoms. The number of unbranched alkanes of at least 4 members (excludes halogenated alkanes) is 14. The number of Topliss-reactive ketones (excluding diaryl/α,β-unsaturated/α-hetero) is 4. The normalized spacial score (nSPS) is 12.5. The molecule has 0 spiro atoms. The van der Waals surface area contributed by atoms with E-state index in [4.69, 9.17) is 29.8 Å². The number of benzene rings is 1. The molecule has 19 heteroatoms. The van der Waals surface area contributed by atoms with Gasteiger partial charge in [0, 0.05) is 69.9 Å². The second-order valence-corrected chi connectivity index (χ2v) is 20.3. The van der Waals surface area contributed by atoms with E-state index in [0.29, 0.717) is 38.6 Å². The highest BCUT2D eigenvalue weighted by molar-refractivity contribution is 5.91. The summed E-state index contributed by atoms with van der Waals surface area (Å²) in [6.07, 6.45) is 17.8. The van der Waals surface area contributed by atoms with E-state index in [-0.39, 0.29) is 151 Å². The average molecular weight is 1080 g/mol. The fraction of sp³-hybridized carbons (Fsp3) is 0.737. The summed E-state index contributed by atoms with van der Waals surface area (Å²) >= 11 is 0. The Morgan fingerprint density at radius 1 is 0.487 bits per heavy atom. The molecule has 0 aliphatic heterocycles. The number of phenolic OH excluding ortho intramolecular Hbond substituents is 1. The Hall–Kier alpha value is -5.11. The van der Waals surface area contributed by atoms with Gasteiger partial charge in [-0.2, -0.15) is 0 Å². The number of carbonyl (C=O) groups excluding carboxylic acids is 7. The van der Waals surface area contributed by atoms with Gasteiger partial charge in [-0.1, -0.05) is 109 Å². The summed E-state index contributed by atoms with van der Waals surface area (Å²) < 4.78 is 21.4.